The van der Waals surface area contributed by atoms with Crippen molar-refractivity contribution in [2.24, 2.45) is 0 Å². The molecule has 0 saturated carbocycles. The number of aromatic nitrogens is 2. The number of nitrogens with zero attached hydrogens (tertiary/aromatic N) is 1. The minimum absolute atomic E-state index is 0.0523. The summed E-state index contributed by atoms with van der Waals surface area (Å²) in [5.41, 5.74) is 4.47. The predicted octanol–water partition coefficient (Wildman–Crippen LogP) is 5.88. The first-order chi connectivity index (χ1) is 16.9. The molecule has 7 heteroatoms. The standard InChI is InChI=1S/C28H23N3O4/c1-3-17-10-13-23(32)20(14-17)21-15-22(31-30-21)28(34)29-25-19-6-4-5-7-24(19)35-27(25)26(33)18-11-8-16(2)9-12-18/h4-15,32H,3H2,1-2H3,(H,29,34)(H,30,31). The number of carbonyl (C=O) groups is 2. The summed E-state index contributed by atoms with van der Waals surface area (Å²) in [6, 6.07) is 21.2. The summed E-state index contributed by atoms with van der Waals surface area (Å²) in [5, 5.41) is 20.7. The summed E-state index contributed by atoms with van der Waals surface area (Å²) in [5.74, 6) is -0.689. The van der Waals surface area contributed by atoms with Crippen LogP contribution in [0.5, 0.6) is 5.75 Å². The van der Waals surface area contributed by atoms with E-state index in [0.717, 1.165) is 17.5 Å². The van der Waals surface area contributed by atoms with E-state index < -0.39 is 5.91 Å². The van der Waals surface area contributed by atoms with Crippen molar-refractivity contribution in [3.8, 4) is 17.0 Å². The van der Waals surface area contributed by atoms with Gasteiger partial charge in [0.05, 0.1) is 11.4 Å². The molecule has 3 N–H and O–H groups in total. The number of hydrogen-bond acceptors (Lipinski definition) is 5. The van der Waals surface area contributed by atoms with Crippen molar-refractivity contribution < 1.29 is 19.1 Å². The van der Waals surface area contributed by atoms with E-state index >= 15 is 0 Å². The second-order valence-electron chi connectivity index (χ2n) is 8.32. The number of amides is 1. The minimum atomic E-state index is -0.487. The average Bonchev–Trinajstić information content (AvgIpc) is 3.50. The Morgan fingerprint density at radius 3 is 2.57 bits per heavy atom. The first kappa shape index (κ1) is 22.2. The van der Waals surface area contributed by atoms with Gasteiger partial charge in [-0.2, -0.15) is 5.10 Å². The number of rotatable bonds is 6. The molecule has 1 amide bonds. The van der Waals surface area contributed by atoms with Gasteiger partial charge in [0.2, 0.25) is 5.78 Å². The fourth-order valence-corrected chi connectivity index (χ4v) is 3.93. The van der Waals surface area contributed by atoms with Crippen molar-refractivity contribution in [3.05, 3.63) is 101 Å². The number of phenolic OH excluding ortho intramolecular Hbond substituents is 1. The number of phenols is 1. The number of carbonyl (C=O) groups excluding carboxylic acids is 2. The lowest BCUT2D eigenvalue weighted by atomic mass is 10.0. The van der Waals surface area contributed by atoms with E-state index in [1.165, 1.54) is 0 Å². The number of ketones is 1. The minimum Gasteiger partial charge on any atom is -0.507 e. The van der Waals surface area contributed by atoms with Crippen LogP contribution in [-0.4, -0.2) is 27.0 Å². The van der Waals surface area contributed by atoms with Gasteiger partial charge in [-0.15, -0.1) is 0 Å². The molecule has 5 aromatic rings. The molecule has 0 fully saturated rings. The zero-order valence-electron chi connectivity index (χ0n) is 19.3. The number of hydrogen-bond donors (Lipinski definition) is 3. The summed E-state index contributed by atoms with van der Waals surface area (Å²) in [4.78, 5) is 26.4. The van der Waals surface area contributed by atoms with Gasteiger partial charge in [-0.25, -0.2) is 0 Å². The number of fused-ring (bicyclic) bond motifs is 1. The smallest absolute Gasteiger partial charge is 0.273 e. The third kappa shape index (κ3) is 4.19. The van der Waals surface area contributed by atoms with Crippen molar-refractivity contribution in [2.45, 2.75) is 20.3 Å². The lowest BCUT2D eigenvalue weighted by molar-refractivity contribution is 0.101. The predicted molar refractivity (Wildman–Crippen MR) is 134 cm³/mol. The Hall–Kier alpha value is -4.65. The van der Waals surface area contributed by atoms with Gasteiger partial charge in [0, 0.05) is 16.5 Å². The molecule has 0 atom stereocenters. The maximum Gasteiger partial charge on any atom is 0.273 e. The zero-order valence-corrected chi connectivity index (χ0v) is 19.3. The van der Waals surface area contributed by atoms with Crippen molar-refractivity contribution in [1.82, 2.24) is 10.2 Å². The number of nitrogens with one attached hydrogen (secondary N) is 2. The Bertz CT molecular complexity index is 1560. The molecule has 0 aliphatic carbocycles. The first-order valence-corrected chi connectivity index (χ1v) is 11.3. The molecule has 2 heterocycles. The molecule has 35 heavy (non-hydrogen) atoms. The molecule has 174 valence electrons. The van der Waals surface area contributed by atoms with Crippen LogP contribution in [0.1, 0.15) is 44.7 Å². The van der Waals surface area contributed by atoms with Crippen molar-refractivity contribution >= 4 is 28.3 Å². The highest BCUT2D eigenvalue weighted by Gasteiger charge is 2.24. The van der Waals surface area contributed by atoms with Gasteiger partial charge >= 0.3 is 0 Å². The SMILES string of the molecule is CCc1ccc(O)c(-c2cc(C(=O)Nc3c(C(=O)c4ccc(C)cc4)oc4ccccc34)[nH]n2)c1. The molecular formula is C28H23N3O4. The Kier molecular flexibility index (Phi) is 5.66. The van der Waals surface area contributed by atoms with E-state index in [2.05, 4.69) is 15.5 Å². The number of benzene rings is 3. The highest BCUT2D eigenvalue weighted by Crippen LogP contribution is 2.34. The monoisotopic (exact) mass is 465 g/mol. The van der Waals surface area contributed by atoms with Crippen LogP contribution < -0.4 is 5.32 Å². The highest BCUT2D eigenvalue weighted by atomic mass is 16.3. The number of aromatic amines is 1. The largest absolute Gasteiger partial charge is 0.507 e. The quantitative estimate of drug-likeness (QED) is 0.271. The Balaban J connectivity index is 1.49. The van der Waals surface area contributed by atoms with Gasteiger partial charge < -0.3 is 14.8 Å². The molecule has 7 nitrogen and oxygen atoms in total. The van der Waals surface area contributed by atoms with Crippen molar-refractivity contribution in [1.29, 1.82) is 0 Å². The molecule has 0 saturated heterocycles. The second kappa shape index (κ2) is 8.95. The Morgan fingerprint density at radius 2 is 1.80 bits per heavy atom. The van der Waals surface area contributed by atoms with Crippen LogP contribution in [0.2, 0.25) is 0 Å². The van der Waals surface area contributed by atoms with Crippen LogP contribution in [-0.2, 0) is 6.42 Å². The number of anilines is 1. The lowest BCUT2D eigenvalue weighted by Gasteiger charge is -2.05. The van der Waals surface area contributed by atoms with Gasteiger partial charge in [0.1, 0.15) is 17.0 Å². The topological polar surface area (TPSA) is 108 Å². The number of furan rings is 1. The Labute approximate surface area is 201 Å². The molecule has 0 aliphatic rings. The van der Waals surface area contributed by atoms with E-state index in [4.69, 9.17) is 4.42 Å². The van der Waals surface area contributed by atoms with Gasteiger partial charge in [0.15, 0.2) is 5.76 Å². The summed E-state index contributed by atoms with van der Waals surface area (Å²) < 4.78 is 5.88. The second-order valence-corrected chi connectivity index (χ2v) is 8.32. The molecule has 0 unspecified atom stereocenters. The molecule has 5 rings (SSSR count). The van der Waals surface area contributed by atoms with Gasteiger partial charge in [-0.05, 0) is 49.2 Å². The normalized spacial score (nSPS) is 11.0. The van der Waals surface area contributed by atoms with E-state index in [1.54, 1.807) is 42.5 Å². The van der Waals surface area contributed by atoms with Crippen molar-refractivity contribution in [3.63, 3.8) is 0 Å². The number of aryl methyl sites for hydroxylation is 2. The molecular weight excluding hydrogens is 442 g/mol. The van der Waals surface area contributed by atoms with Gasteiger partial charge in [-0.3, -0.25) is 14.7 Å². The molecule has 0 radical (unpaired) electrons. The summed E-state index contributed by atoms with van der Waals surface area (Å²) in [6.45, 7) is 3.96. The van der Waals surface area contributed by atoms with E-state index in [0.29, 0.717) is 33.5 Å². The number of para-hydroxylation sites is 1. The molecule has 2 aromatic heterocycles. The third-order valence-corrected chi connectivity index (χ3v) is 5.92. The average molecular weight is 466 g/mol. The van der Waals surface area contributed by atoms with Crippen LogP contribution in [0.15, 0.2) is 77.2 Å². The van der Waals surface area contributed by atoms with Crippen molar-refractivity contribution in [2.75, 3.05) is 5.32 Å². The molecule has 0 spiro atoms. The fourth-order valence-electron chi connectivity index (χ4n) is 3.93. The highest BCUT2D eigenvalue weighted by molar-refractivity contribution is 6.18. The Morgan fingerprint density at radius 1 is 1.03 bits per heavy atom. The van der Waals surface area contributed by atoms with Crippen LogP contribution >= 0.6 is 0 Å². The first-order valence-electron chi connectivity index (χ1n) is 11.3. The fraction of sp³-hybridized carbons (Fsp3) is 0.107. The van der Waals surface area contributed by atoms with Crippen LogP contribution in [0.4, 0.5) is 5.69 Å². The van der Waals surface area contributed by atoms with Crippen LogP contribution in [0.25, 0.3) is 22.2 Å². The number of aromatic hydroxyl groups is 1. The zero-order chi connectivity index (χ0) is 24.5. The molecule has 0 aliphatic heterocycles. The maximum atomic E-state index is 13.3. The lowest BCUT2D eigenvalue weighted by Crippen LogP contribution is -2.14. The van der Waals surface area contributed by atoms with Gasteiger partial charge in [-0.1, -0.05) is 55.0 Å². The summed E-state index contributed by atoms with van der Waals surface area (Å²) in [7, 11) is 0. The van der Waals surface area contributed by atoms with E-state index in [9.17, 15) is 14.7 Å². The van der Waals surface area contributed by atoms with E-state index in [-0.39, 0.29) is 23.0 Å². The summed E-state index contributed by atoms with van der Waals surface area (Å²) >= 11 is 0. The molecule has 0 bridgehead atoms. The van der Waals surface area contributed by atoms with Crippen LogP contribution in [0, 0.1) is 6.92 Å². The third-order valence-electron chi connectivity index (χ3n) is 5.92. The van der Waals surface area contributed by atoms with Gasteiger partial charge in [0.25, 0.3) is 5.91 Å². The van der Waals surface area contributed by atoms with E-state index in [1.807, 2.05) is 44.2 Å². The van der Waals surface area contributed by atoms with Crippen LogP contribution in [0.3, 0.4) is 0 Å². The number of H-pyrrole nitrogens is 1. The summed E-state index contributed by atoms with van der Waals surface area (Å²) in [6.07, 6.45) is 0.802. The maximum absolute atomic E-state index is 13.3. The molecule has 3 aromatic carbocycles.